The second-order valence-electron chi connectivity index (χ2n) is 9.66. The SMILES string of the molecule is CCCCCN1C(=O)/C(=C\c2c(C)c(C#N)c(=O)n(CCC)c2N2CCN(c3ccccc3)CC2)SC1=S. The zero-order chi connectivity index (χ0) is 27.2. The van der Waals surface area contributed by atoms with Crippen LogP contribution in [0.15, 0.2) is 40.0 Å². The van der Waals surface area contributed by atoms with E-state index in [0.717, 1.165) is 63.2 Å². The van der Waals surface area contributed by atoms with Crippen LogP contribution < -0.4 is 15.4 Å². The Morgan fingerprint density at radius 2 is 1.68 bits per heavy atom. The van der Waals surface area contributed by atoms with Gasteiger partial charge in [-0.2, -0.15) is 5.26 Å². The van der Waals surface area contributed by atoms with Crippen LogP contribution in [-0.2, 0) is 11.3 Å². The molecular formula is C29H35N5O2S2. The van der Waals surface area contributed by atoms with Crippen molar-refractivity contribution in [3.05, 3.63) is 62.3 Å². The van der Waals surface area contributed by atoms with Gasteiger partial charge in [-0.25, -0.2) is 0 Å². The monoisotopic (exact) mass is 549 g/mol. The van der Waals surface area contributed by atoms with E-state index in [9.17, 15) is 14.9 Å². The van der Waals surface area contributed by atoms with Crippen LogP contribution in [0.2, 0.25) is 0 Å². The molecule has 0 spiro atoms. The van der Waals surface area contributed by atoms with Gasteiger partial charge in [0.25, 0.3) is 11.5 Å². The average Bonchev–Trinajstić information content (AvgIpc) is 3.20. The second-order valence-corrected chi connectivity index (χ2v) is 11.3. The van der Waals surface area contributed by atoms with Crippen molar-refractivity contribution in [2.24, 2.45) is 0 Å². The average molecular weight is 550 g/mol. The number of nitriles is 1. The lowest BCUT2D eigenvalue weighted by Gasteiger charge is -2.39. The maximum Gasteiger partial charge on any atom is 0.270 e. The van der Waals surface area contributed by atoms with Crippen LogP contribution in [0.1, 0.15) is 56.2 Å². The van der Waals surface area contributed by atoms with Crippen LogP contribution in [0.4, 0.5) is 11.5 Å². The van der Waals surface area contributed by atoms with Crippen LogP contribution in [0.25, 0.3) is 6.08 Å². The molecule has 200 valence electrons. The molecular weight excluding hydrogens is 514 g/mol. The van der Waals surface area contributed by atoms with E-state index in [0.29, 0.717) is 27.9 Å². The van der Waals surface area contributed by atoms with Gasteiger partial charge in [0, 0.05) is 50.5 Å². The summed E-state index contributed by atoms with van der Waals surface area (Å²) >= 11 is 6.86. The van der Waals surface area contributed by atoms with Crippen molar-refractivity contribution in [2.75, 3.05) is 42.5 Å². The summed E-state index contributed by atoms with van der Waals surface area (Å²) < 4.78 is 2.30. The normalized spacial score (nSPS) is 17.0. The summed E-state index contributed by atoms with van der Waals surface area (Å²) in [6.07, 6.45) is 5.64. The van der Waals surface area contributed by atoms with Crippen LogP contribution in [0.3, 0.4) is 0 Å². The highest BCUT2D eigenvalue weighted by Gasteiger charge is 2.33. The standard InChI is InChI=1S/C29H35N5O2S2/c1-4-6-10-14-34-28(36)25(38-29(34)37)19-23-21(3)24(20-30)27(35)33(13-5-2)26(23)32-17-15-31(16-18-32)22-11-8-7-9-12-22/h7-9,11-12,19H,4-6,10,13-18H2,1-3H3/b25-19+. The van der Waals surface area contributed by atoms with Crippen molar-refractivity contribution in [2.45, 2.75) is 53.0 Å². The van der Waals surface area contributed by atoms with E-state index >= 15 is 0 Å². The van der Waals surface area contributed by atoms with Gasteiger partial charge in [-0.1, -0.05) is 68.9 Å². The number of hydrogen-bond donors (Lipinski definition) is 0. The van der Waals surface area contributed by atoms with Crippen LogP contribution >= 0.6 is 24.0 Å². The first-order chi connectivity index (χ1) is 18.4. The van der Waals surface area contributed by atoms with Crippen molar-refractivity contribution >= 4 is 51.8 Å². The molecule has 2 aliphatic rings. The summed E-state index contributed by atoms with van der Waals surface area (Å²) in [5.74, 6) is 0.694. The molecule has 0 aliphatic carbocycles. The van der Waals surface area contributed by atoms with Gasteiger partial charge in [-0.05, 0) is 43.5 Å². The zero-order valence-corrected chi connectivity index (χ0v) is 24.0. The van der Waals surface area contributed by atoms with Crippen molar-refractivity contribution < 1.29 is 4.79 Å². The number of para-hydroxylation sites is 1. The summed E-state index contributed by atoms with van der Waals surface area (Å²) in [6.45, 7) is 10.1. The van der Waals surface area contributed by atoms with E-state index in [4.69, 9.17) is 12.2 Å². The lowest BCUT2D eigenvalue weighted by Crippen LogP contribution is -2.48. The molecule has 2 aromatic rings. The van der Waals surface area contributed by atoms with Gasteiger partial charge in [0.15, 0.2) is 0 Å². The van der Waals surface area contributed by atoms with Crippen molar-refractivity contribution in [1.29, 1.82) is 5.26 Å². The second kappa shape index (κ2) is 12.6. The lowest BCUT2D eigenvalue weighted by molar-refractivity contribution is -0.122. The number of aromatic nitrogens is 1. The molecule has 7 nitrogen and oxygen atoms in total. The highest BCUT2D eigenvalue weighted by atomic mass is 32.2. The number of unbranched alkanes of at least 4 members (excludes halogenated alkanes) is 2. The molecule has 0 atom stereocenters. The molecule has 4 rings (SSSR count). The van der Waals surface area contributed by atoms with E-state index in [-0.39, 0.29) is 17.0 Å². The molecule has 0 bridgehead atoms. The number of pyridine rings is 1. The highest BCUT2D eigenvalue weighted by molar-refractivity contribution is 8.26. The number of nitrogens with zero attached hydrogens (tertiary/aromatic N) is 5. The van der Waals surface area contributed by atoms with Gasteiger partial charge in [0.1, 0.15) is 21.8 Å². The Bertz CT molecular complexity index is 1320. The Kier molecular flexibility index (Phi) is 9.29. The van der Waals surface area contributed by atoms with Gasteiger partial charge in [-0.15, -0.1) is 0 Å². The number of thioether (sulfide) groups is 1. The third-order valence-electron chi connectivity index (χ3n) is 7.13. The largest absolute Gasteiger partial charge is 0.368 e. The number of carbonyl (C=O) groups excluding carboxylic acids is 1. The Balaban J connectivity index is 1.75. The Labute approximate surface area is 234 Å². The minimum Gasteiger partial charge on any atom is -0.368 e. The molecule has 2 fully saturated rings. The molecule has 2 saturated heterocycles. The van der Waals surface area contributed by atoms with Gasteiger partial charge in [0.05, 0.1) is 4.91 Å². The first-order valence-electron chi connectivity index (χ1n) is 13.4. The van der Waals surface area contributed by atoms with E-state index in [2.05, 4.69) is 34.9 Å². The van der Waals surface area contributed by atoms with Crippen molar-refractivity contribution in [1.82, 2.24) is 9.47 Å². The molecule has 3 heterocycles. The van der Waals surface area contributed by atoms with Crippen molar-refractivity contribution in [3.63, 3.8) is 0 Å². The van der Waals surface area contributed by atoms with Gasteiger partial charge < -0.3 is 9.80 Å². The Morgan fingerprint density at radius 3 is 2.32 bits per heavy atom. The Hall–Kier alpha value is -3.09. The molecule has 1 aromatic heterocycles. The fourth-order valence-corrected chi connectivity index (χ4v) is 6.37. The number of hydrogen-bond acceptors (Lipinski definition) is 7. The highest BCUT2D eigenvalue weighted by Crippen LogP contribution is 2.36. The summed E-state index contributed by atoms with van der Waals surface area (Å²) in [5, 5.41) is 9.89. The van der Waals surface area contributed by atoms with Gasteiger partial charge in [-0.3, -0.25) is 19.1 Å². The molecule has 9 heteroatoms. The zero-order valence-electron chi connectivity index (χ0n) is 22.4. The maximum absolute atomic E-state index is 13.4. The molecule has 1 aromatic carbocycles. The van der Waals surface area contributed by atoms with Crippen molar-refractivity contribution in [3.8, 4) is 6.07 Å². The maximum atomic E-state index is 13.4. The Morgan fingerprint density at radius 1 is 1.00 bits per heavy atom. The fourth-order valence-electron chi connectivity index (χ4n) is 5.07. The number of carbonyl (C=O) groups is 1. The molecule has 0 radical (unpaired) electrons. The van der Waals surface area contributed by atoms with E-state index in [1.165, 1.54) is 17.4 Å². The summed E-state index contributed by atoms with van der Waals surface area (Å²) in [6, 6.07) is 12.5. The molecule has 38 heavy (non-hydrogen) atoms. The van der Waals surface area contributed by atoms with Gasteiger partial charge in [0.2, 0.25) is 0 Å². The molecule has 0 unspecified atom stereocenters. The van der Waals surface area contributed by atoms with Crippen LogP contribution in [-0.4, -0.2) is 52.4 Å². The van der Waals surface area contributed by atoms with Crippen LogP contribution in [0, 0.1) is 18.3 Å². The number of rotatable bonds is 9. The molecule has 2 aliphatic heterocycles. The third-order valence-corrected chi connectivity index (χ3v) is 8.51. The topological polar surface area (TPSA) is 72.6 Å². The van der Waals surface area contributed by atoms with E-state index < -0.39 is 0 Å². The predicted octanol–water partition coefficient (Wildman–Crippen LogP) is 5.16. The number of amides is 1. The third kappa shape index (κ3) is 5.67. The van der Waals surface area contributed by atoms with E-state index in [1.54, 1.807) is 9.47 Å². The number of piperazine rings is 1. The molecule has 1 amide bonds. The summed E-state index contributed by atoms with van der Waals surface area (Å²) in [5.41, 5.74) is 2.42. The minimum atomic E-state index is -0.267. The summed E-state index contributed by atoms with van der Waals surface area (Å²) in [7, 11) is 0. The first-order valence-corrected chi connectivity index (χ1v) is 14.6. The first kappa shape index (κ1) is 27.9. The summed E-state index contributed by atoms with van der Waals surface area (Å²) in [4.78, 5) is 33.6. The van der Waals surface area contributed by atoms with Gasteiger partial charge >= 0.3 is 0 Å². The molecule has 0 saturated carbocycles. The fraction of sp³-hybridized carbons (Fsp3) is 0.448. The number of anilines is 2. The quantitative estimate of drug-likeness (QED) is 0.243. The number of benzene rings is 1. The smallest absolute Gasteiger partial charge is 0.270 e. The lowest BCUT2D eigenvalue weighted by atomic mass is 10.0. The molecule has 0 N–H and O–H groups in total. The van der Waals surface area contributed by atoms with E-state index in [1.807, 2.05) is 38.1 Å². The minimum absolute atomic E-state index is 0.0953. The predicted molar refractivity (Wildman–Crippen MR) is 161 cm³/mol. The van der Waals surface area contributed by atoms with Crippen LogP contribution in [0.5, 0.6) is 0 Å². The number of thiocarbonyl (C=S) groups is 1.